The van der Waals surface area contributed by atoms with Crippen LogP contribution in [0.3, 0.4) is 0 Å². The van der Waals surface area contributed by atoms with E-state index >= 15 is 0 Å². The molecule has 0 aromatic heterocycles. The van der Waals surface area contributed by atoms with Crippen molar-refractivity contribution in [2.75, 3.05) is 25.5 Å². The van der Waals surface area contributed by atoms with E-state index in [2.05, 4.69) is 15.5 Å². The molecule has 1 aromatic carbocycles. The largest absolute Gasteiger partial charge is 0.346 e. The van der Waals surface area contributed by atoms with Crippen molar-refractivity contribution < 1.29 is 9.59 Å². The maximum atomic E-state index is 12.1. The Morgan fingerprint density at radius 2 is 1.64 bits per heavy atom. The fourth-order valence-electron chi connectivity index (χ4n) is 3.48. The summed E-state index contributed by atoms with van der Waals surface area (Å²) < 4.78 is 0. The molecule has 2 N–H and O–H groups in total. The summed E-state index contributed by atoms with van der Waals surface area (Å²) >= 11 is 0. The first-order valence-electron chi connectivity index (χ1n) is 9.30. The van der Waals surface area contributed by atoms with Gasteiger partial charge in [-0.05, 0) is 44.9 Å². The van der Waals surface area contributed by atoms with Gasteiger partial charge in [0.25, 0.3) is 0 Å². The second-order valence-electron chi connectivity index (χ2n) is 7.15. The number of rotatable bonds is 6. The second-order valence-corrected chi connectivity index (χ2v) is 7.15. The van der Waals surface area contributed by atoms with Gasteiger partial charge < -0.3 is 10.6 Å². The molecule has 0 saturated heterocycles. The lowest BCUT2D eigenvalue weighted by Gasteiger charge is -2.26. The van der Waals surface area contributed by atoms with E-state index in [1.807, 2.05) is 39.1 Å². The van der Waals surface area contributed by atoms with Crippen LogP contribution in [0.5, 0.6) is 0 Å². The van der Waals surface area contributed by atoms with Crippen molar-refractivity contribution in [3.63, 3.8) is 0 Å². The number of likely N-dealkylation sites (N-methyl/N-ethyl adjacent to an activating group) is 1. The van der Waals surface area contributed by atoms with E-state index in [4.69, 9.17) is 0 Å². The molecule has 0 unspecified atom stereocenters. The molecule has 5 nitrogen and oxygen atoms in total. The van der Waals surface area contributed by atoms with Crippen LogP contribution < -0.4 is 10.6 Å². The summed E-state index contributed by atoms with van der Waals surface area (Å²) in [5.74, 6) is -0.286. The SMILES string of the molecule is Cc1cccc(C)c1NC(=O)CNC(=O)CN(C)C1CCCCCC1. The summed E-state index contributed by atoms with van der Waals surface area (Å²) in [5, 5.41) is 5.63. The number of nitrogens with one attached hydrogen (secondary N) is 2. The van der Waals surface area contributed by atoms with Crippen LogP contribution in [-0.4, -0.2) is 42.9 Å². The summed E-state index contributed by atoms with van der Waals surface area (Å²) in [6, 6.07) is 6.37. The van der Waals surface area contributed by atoms with Gasteiger partial charge in [0.05, 0.1) is 13.1 Å². The van der Waals surface area contributed by atoms with Crippen LogP contribution in [0.25, 0.3) is 0 Å². The Morgan fingerprint density at radius 1 is 1.04 bits per heavy atom. The number of benzene rings is 1. The summed E-state index contributed by atoms with van der Waals surface area (Å²) in [4.78, 5) is 26.4. The van der Waals surface area contributed by atoms with Crippen molar-refractivity contribution in [3.8, 4) is 0 Å². The van der Waals surface area contributed by atoms with E-state index in [0.29, 0.717) is 12.6 Å². The summed E-state index contributed by atoms with van der Waals surface area (Å²) in [6.45, 7) is 4.28. The highest BCUT2D eigenvalue weighted by Gasteiger charge is 2.19. The molecule has 5 heteroatoms. The molecule has 25 heavy (non-hydrogen) atoms. The van der Waals surface area contributed by atoms with Crippen LogP contribution >= 0.6 is 0 Å². The second kappa shape index (κ2) is 9.56. The van der Waals surface area contributed by atoms with Gasteiger partial charge in [-0.3, -0.25) is 14.5 Å². The van der Waals surface area contributed by atoms with Gasteiger partial charge in [0.2, 0.25) is 11.8 Å². The first-order valence-corrected chi connectivity index (χ1v) is 9.30. The van der Waals surface area contributed by atoms with E-state index in [1.165, 1.54) is 25.7 Å². The van der Waals surface area contributed by atoms with E-state index < -0.39 is 0 Å². The van der Waals surface area contributed by atoms with Gasteiger partial charge in [-0.25, -0.2) is 0 Å². The molecule has 1 aromatic rings. The van der Waals surface area contributed by atoms with Crippen molar-refractivity contribution in [1.29, 1.82) is 0 Å². The Labute approximate surface area is 151 Å². The number of nitrogens with zero attached hydrogens (tertiary/aromatic N) is 1. The molecule has 2 rings (SSSR count). The zero-order chi connectivity index (χ0) is 18.2. The highest BCUT2D eigenvalue weighted by Crippen LogP contribution is 2.21. The van der Waals surface area contributed by atoms with Crippen molar-refractivity contribution in [2.45, 2.75) is 58.4 Å². The number of hydrogen-bond donors (Lipinski definition) is 2. The smallest absolute Gasteiger partial charge is 0.243 e. The highest BCUT2D eigenvalue weighted by molar-refractivity contribution is 5.95. The molecule has 1 aliphatic rings. The van der Waals surface area contributed by atoms with Crippen LogP contribution in [0.15, 0.2) is 18.2 Å². The van der Waals surface area contributed by atoms with Gasteiger partial charge in [-0.1, -0.05) is 43.9 Å². The summed E-state index contributed by atoms with van der Waals surface area (Å²) in [5.41, 5.74) is 2.87. The molecule has 1 aliphatic carbocycles. The Hall–Kier alpha value is -1.88. The number of amides is 2. The molecular weight excluding hydrogens is 314 g/mol. The molecule has 0 atom stereocenters. The molecule has 0 aliphatic heterocycles. The Bertz CT molecular complexity index is 572. The first-order chi connectivity index (χ1) is 12.0. The van der Waals surface area contributed by atoms with E-state index in [0.717, 1.165) is 29.7 Å². The first kappa shape index (κ1) is 19.4. The lowest BCUT2D eigenvalue weighted by molar-refractivity contribution is -0.125. The maximum absolute atomic E-state index is 12.1. The minimum Gasteiger partial charge on any atom is -0.346 e. The van der Waals surface area contributed by atoms with Crippen LogP contribution in [0.2, 0.25) is 0 Å². The molecule has 2 amide bonds. The van der Waals surface area contributed by atoms with E-state index in [1.54, 1.807) is 0 Å². The van der Waals surface area contributed by atoms with Crippen molar-refractivity contribution in [3.05, 3.63) is 29.3 Å². The number of hydrogen-bond acceptors (Lipinski definition) is 3. The Kier molecular flexibility index (Phi) is 7.44. The Balaban J connectivity index is 1.76. The fraction of sp³-hybridized carbons (Fsp3) is 0.600. The lowest BCUT2D eigenvalue weighted by Crippen LogP contribution is -2.42. The number of aryl methyl sites for hydroxylation is 2. The van der Waals surface area contributed by atoms with Gasteiger partial charge >= 0.3 is 0 Å². The third kappa shape index (κ3) is 6.16. The zero-order valence-corrected chi connectivity index (χ0v) is 15.7. The van der Waals surface area contributed by atoms with Gasteiger partial charge in [-0.15, -0.1) is 0 Å². The minimum atomic E-state index is -0.192. The molecule has 0 spiro atoms. The normalized spacial score (nSPS) is 15.7. The Morgan fingerprint density at radius 3 is 2.24 bits per heavy atom. The molecule has 1 saturated carbocycles. The van der Waals surface area contributed by atoms with Gasteiger partial charge in [0, 0.05) is 11.7 Å². The predicted molar refractivity (Wildman–Crippen MR) is 102 cm³/mol. The highest BCUT2D eigenvalue weighted by atomic mass is 16.2. The van der Waals surface area contributed by atoms with E-state index in [-0.39, 0.29) is 18.4 Å². The summed E-state index contributed by atoms with van der Waals surface area (Å²) in [6.07, 6.45) is 7.42. The quantitative estimate of drug-likeness (QED) is 0.779. The van der Waals surface area contributed by atoms with Gasteiger partial charge in [-0.2, -0.15) is 0 Å². The third-order valence-electron chi connectivity index (χ3n) is 5.03. The average molecular weight is 345 g/mol. The van der Waals surface area contributed by atoms with Gasteiger partial charge in [0.1, 0.15) is 0 Å². The molecule has 1 fully saturated rings. The predicted octanol–water partition coefficient (Wildman–Crippen LogP) is 3.01. The maximum Gasteiger partial charge on any atom is 0.243 e. The molecule has 0 bridgehead atoms. The average Bonchev–Trinajstić information content (AvgIpc) is 2.86. The molecule has 0 radical (unpaired) electrons. The van der Waals surface area contributed by atoms with Crippen molar-refractivity contribution >= 4 is 17.5 Å². The number of carbonyl (C=O) groups is 2. The number of anilines is 1. The monoisotopic (exact) mass is 345 g/mol. The standard InChI is InChI=1S/C20H31N3O2/c1-15-9-8-10-16(2)20(15)22-18(24)13-21-19(25)14-23(3)17-11-6-4-5-7-12-17/h8-10,17H,4-7,11-14H2,1-3H3,(H,21,25)(H,22,24). The minimum absolute atomic E-state index is 0.00507. The lowest BCUT2D eigenvalue weighted by atomic mass is 10.1. The van der Waals surface area contributed by atoms with Crippen molar-refractivity contribution in [2.24, 2.45) is 0 Å². The molecule has 0 heterocycles. The van der Waals surface area contributed by atoms with Crippen molar-refractivity contribution in [1.82, 2.24) is 10.2 Å². The number of para-hydroxylation sites is 1. The van der Waals surface area contributed by atoms with Crippen LogP contribution in [-0.2, 0) is 9.59 Å². The fourth-order valence-corrected chi connectivity index (χ4v) is 3.48. The van der Waals surface area contributed by atoms with Gasteiger partial charge in [0.15, 0.2) is 0 Å². The molecule has 138 valence electrons. The summed E-state index contributed by atoms with van der Waals surface area (Å²) in [7, 11) is 2.01. The van der Waals surface area contributed by atoms with E-state index in [9.17, 15) is 9.59 Å². The topological polar surface area (TPSA) is 61.4 Å². The van der Waals surface area contributed by atoms with Crippen LogP contribution in [0, 0.1) is 13.8 Å². The zero-order valence-electron chi connectivity index (χ0n) is 15.7. The van der Waals surface area contributed by atoms with Crippen LogP contribution in [0.1, 0.15) is 49.7 Å². The third-order valence-corrected chi connectivity index (χ3v) is 5.03. The molecular formula is C20H31N3O2. The number of carbonyl (C=O) groups excluding carboxylic acids is 2. The van der Waals surface area contributed by atoms with Crippen LogP contribution in [0.4, 0.5) is 5.69 Å².